The number of carbonyl (C=O) groups excluding carboxylic acids is 5. The van der Waals surface area contributed by atoms with E-state index >= 15 is 0 Å². The molecule has 2 atom stereocenters. The Bertz CT molecular complexity index is 492. The van der Waals surface area contributed by atoms with E-state index in [-0.39, 0.29) is 24.2 Å². The van der Waals surface area contributed by atoms with Crippen molar-refractivity contribution < 1.29 is 33.4 Å². The van der Waals surface area contributed by atoms with Gasteiger partial charge in [0.05, 0.1) is 13.7 Å². The van der Waals surface area contributed by atoms with Crippen molar-refractivity contribution in [2.75, 3.05) is 19.5 Å². The van der Waals surface area contributed by atoms with Gasteiger partial charge in [-0.25, -0.2) is 4.79 Å². The predicted octanol–water partition coefficient (Wildman–Crippen LogP) is 0.472. The second-order valence-electron chi connectivity index (χ2n) is 4.90. The summed E-state index contributed by atoms with van der Waals surface area (Å²) >= 11 is 0.549. The maximum atomic E-state index is 11.9. The third kappa shape index (κ3) is 8.09. The fraction of sp³-hybridized carbons (Fsp3) is 0.667. The molecule has 2 unspecified atom stereocenters. The highest BCUT2D eigenvalue weighted by Crippen LogP contribution is 2.10. The molecular weight excluding hydrogens is 338 g/mol. The summed E-state index contributed by atoms with van der Waals surface area (Å²) in [5.74, 6) is -3.24. The van der Waals surface area contributed by atoms with Crippen molar-refractivity contribution in [2.45, 2.75) is 39.7 Å². The van der Waals surface area contributed by atoms with Crippen LogP contribution in [0.25, 0.3) is 0 Å². The molecule has 1 N–H and O–H groups in total. The molecule has 1 amide bonds. The number of hydrogen-bond donors (Lipinski definition) is 1. The van der Waals surface area contributed by atoms with Crippen LogP contribution in [-0.4, -0.2) is 54.3 Å². The molecule has 0 aromatic heterocycles. The van der Waals surface area contributed by atoms with E-state index in [9.17, 15) is 24.0 Å². The lowest BCUT2D eigenvalue weighted by atomic mass is 10.1. The molecular formula is C15H23NO7S. The normalized spacial score (nSPS) is 12.7. The highest BCUT2D eigenvalue weighted by atomic mass is 32.2. The van der Waals surface area contributed by atoms with Crippen molar-refractivity contribution in [2.24, 2.45) is 5.92 Å². The van der Waals surface area contributed by atoms with Gasteiger partial charge in [0.15, 0.2) is 0 Å². The molecule has 0 bridgehead atoms. The average Bonchev–Trinajstić information content (AvgIpc) is 2.56. The van der Waals surface area contributed by atoms with E-state index in [0.29, 0.717) is 18.2 Å². The Morgan fingerprint density at radius 1 is 1.12 bits per heavy atom. The SMILES string of the molecule is CCOC(=O)C(CSC(=O)C(=O)CC(=O)OC)NC(=O)C(C)CC. The van der Waals surface area contributed by atoms with Crippen molar-refractivity contribution in [3.63, 3.8) is 0 Å². The van der Waals surface area contributed by atoms with Crippen molar-refractivity contribution in [1.82, 2.24) is 5.32 Å². The van der Waals surface area contributed by atoms with Crippen LogP contribution in [0, 0.1) is 5.92 Å². The molecule has 0 saturated heterocycles. The predicted molar refractivity (Wildman–Crippen MR) is 87.1 cm³/mol. The Balaban J connectivity index is 4.73. The van der Waals surface area contributed by atoms with Gasteiger partial charge < -0.3 is 14.8 Å². The molecule has 136 valence electrons. The number of rotatable bonds is 10. The van der Waals surface area contributed by atoms with E-state index in [0.717, 1.165) is 7.11 Å². The summed E-state index contributed by atoms with van der Waals surface area (Å²) in [5.41, 5.74) is 0. The van der Waals surface area contributed by atoms with Crippen LogP contribution in [0.3, 0.4) is 0 Å². The summed E-state index contributed by atoms with van der Waals surface area (Å²) in [5, 5.41) is 1.63. The standard InChI is InChI=1S/C15H23NO7S/c1-5-9(3)13(19)16-10(14(20)23-6-2)8-24-15(21)11(17)7-12(18)22-4/h9-10H,5-8H2,1-4H3,(H,16,19). The van der Waals surface area contributed by atoms with Crippen LogP contribution in [0.15, 0.2) is 0 Å². The molecule has 0 heterocycles. The quantitative estimate of drug-likeness (QED) is 0.339. The minimum atomic E-state index is -1.05. The van der Waals surface area contributed by atoms with Crippen LogP contribution in [0.4, 0.5) is 0 Å². The van der Waals surface area contributed by atoms with Crippen LogP contribution < -0.4 is 5.32 Å². The summed E-state index contributed by atoms with van der Waals surface area (Å²) in [6.45, 7) is 5.27. The minimum Gasteiger partial charge on any atom is -0.469 e. The van der Waals surface area contributed by atoms with Gasteiger partial charge in [0.2, 0.25) is 11.7 Å². The van der Waals surface area contributed by atoms with Crippen LogP contribution in [0.2, 0.25) is 0 Å². The Labute approximate surface area is 145 Å². The first-order valence-electron chi connectivity index (χ1n) is 7.50. The van der Waals surface area contributed by atoms with Gasteiger partial charge >= 0.3 is 11.9 Å². The number of thioether (sulfide) groups is 1. The van der Waals surface area contributed by atoms with Gasteiger partial charge in [-0.1, -0.05) is 25.6 Å². The Hall–Kier alpha value is -1.90. The molecule has 0 aliphatic rings. The lowest BCUT2D eigenvalue weighted by molar-refractivity contribution is -0.147. The van der Waals surface area contributed by atoms with Gasteiger partial charge in [-0.3, -0.25) is 19.2 Å². The summed E-state index contributed by atoms with van der Waals surface area (Å²) in [6.07, 6.45) is -0.0727. The third-order valence-corrected chi connectivity index (χ3v) is 4.08. The number of carbonyl (C=O) groups is 5. The second kappa shape index (κ2) is 11.6. The van der Waals surface area contributed by atoms with E-state index < -0.39 is 35.3 Å². The Morgan fingerprint density at radius 3 is 2.25 bits per heavy atom. The number of amides is 1. The smallest absolute Gasteiger partial charge is 0.329 e. The number of ether oxygens (including phenoxy) is 2. The first kappa shape index (κ1) is 22.1. The Kier molecular flexibility index (Phi) is 10.7. The van der Waals surface area contributed by atoms with E-state index in [2.05, 4.69) is 10.1 Å². The first-order chi connectivity index (χ1) is 11.3. The number of methoxy groups -OCH3 is 1. The fourth-order valence-corrected chi connectivity index (χ4v) is 2.20. The molecule has 0 rings (SSSR count). The van der Waals surface area contributed by atoms with Crippen molar-refractivity contribution in [3.8, 4) is 0 Å². The van der Waals surface area contributed by atoms with Gasteiger partial charge in [0.25, 0.3) is 5.12 Å². The van der Waals surface area contributed by atoms with Gasteiger partial charge in [-0.05, 0) is 13.3 Å². The van der Waals surface area contributed by atoms with Crippen molar-refractivity contribution >= 4 is 40.5 Å². The minimum absolute atomic E-state index is 0.119. The maximum Gasteiger partial charge on any atom is 0.329 e. The number of ketones is 1. The largest absolute Gasteiger partial charge is 0.469 e. The molecule has 0 aliphatic carbocycles. The van der Waals surface area contributed by atoms with Gasteiger partial charge in [-0.15, -0.1) is 0 Å². The zero-order valence-corrected chi connectivity index (χ0v) is 15.1. The van der Waals surface area contributed by atoms with E-state index in [1.165, 1.54) is 0 Å². The molecule has 0 fully saturated rings. The number of esters is 2. The van der Waals surface area contributed by atoms with Crippen LogP contribution >= 0.6 is 11.8 Å². The zero-order chi connectivity index (χ0) is 18.7. The van der Waals surface area contributed by atoms with Gasteiger partial charge in [0.1, 0.15) is 12.5 Å². The number of Topliss-reactive ketones (excluding diaryl/α,β-unsaturated/α-hetero) is 1. The van der Waals surface area contributed by atoms with Crippen LogP contribution in [0.1, 0.15) is 33.6 Å². The summed E-state index contributed by atoms with van der Waals surface area (Å²) in [4.78, 5) is 58.0. The van der Waals surface area contributed by atoms with E-state index in [4.69, 9.17) is 4.74 Å². The average molecular weight is 361 g/mol. The lowest BCUT2D eigenvalue weighted by Crippen LogP contribution is -2.45. The van der Waals surface area contributed by atoms with E-state index in [1.807, 2.05) is 6.92 Å². The van der Waals surface area contributed by atoms with Gasteiger partial charge in [0, 0.05) is 11.7 Å². The molecule has 0 aromatic rings. The molecule has 0 aliphatic heterocycles. The summed E-state index contributed by atoms with van der Waals surface area (Å²) in [7, 11) is 1.11. The number of hydrogen-bond acceptors (Lipinski definition) is 8. The Morgan fingerprint density at radius 2 is 1.75 bits per heavy atom. The molecule has 0 saturated carbocycles. The molecule has 0 aromatic carbocycles. The molecule has 8 nitrogen and oxygen atoms in total. The van der Waals surface area contributed by atoms with E-state index in [1.54, 1.807) is 13.8 Å². The van der Waals surface area contributed by atoms with Gasteiger partial charge in [-0.2, -0.15) is 0 Å². The monoisotopic (exact) mass is 361 g/mol. The van der Waals surface area contributed by atoms with Crippen LogP contribution in [0.5, 0.6) is 0 Å². The van der Waals surface area contributed by atoms with Crippen molar-refractivity contribution in [3.05, 3.63) is 0 Å². The zero-order valence-electron chi connectivity index (χ0n) is 14.2. The topological polar surface area (TPSA) is 116 Å². The lowest BCUT2D eigenvalue weighted by Gasteiger charge is -2.18. The van der Waals surface area contributed by atoms with Crippen molar-refractivity contribution in [1.29, 1.82) is 0 Å². The third-order valence-electron chi connectivity index (χ3n) is 3.09. The highest BCUT2D eigenvalue weighted by molar-refractivity contribution is 8.15. The molecule has 0 spiro atoms. The second-order valence-corrected chi connectivity index (χ2v) is 5.89. The highest BCUT2D eigenvalue weighted by Gasteiger charge is 2.27. The summed E-state index contributed by atoms with van der Waals surface area (Å²) < 4.78 is 9.16. The molecule has 0 radical (unpaired) electrons. The summed E-state index contributed by atoms with van der Waals surface area (Å²) in [6, 6.07) is -1.05. The number of nitrogens with one attached hydrogen (secondary N) is 1. The maximum absolute atomic E-state index is 11.9. The first-order valence-corrected chi connectivity index (χ1v) is 8.49. The molecule has 24 heavy (non-hydrogen) atoms. The van der Waals surface area contributed by atoms with Crippen LogP contribution in [-0.2, 0) is 33.4 Å². The fourth-order valence-electron chi connectivity index (χ4n) is 1.43. The molecule has 9 heteroatoms.